The van der Waals surface area contributed by atoms with Crippen molar-refractivity contribution in [2.75, 3.05) is 0 Å². The summed E-state index contributed by atoms with van der Waals surface area (Å²) >= 11 is 8.10. The van der Waals surface area contributed by atoms with Gasteiger partial charge in [-0.15, -0.1) is 0 Å². The molecule has 1 nitrogen and oxygen atoms in total. The fourth-order valence-corrected chi connectivity index (χ4v) is 1.52. The first kappa shape index (κ1) is 10.7. The Hall–Kier alpha value is -0.420. The van der Waals surface area contributed by atoms with Crippen molar-refractivity contribution in [1.29, 1.82) is 0 Å². The van der Waals surface area contributed by atoms with Crippen molar-refractivity contribution in [2.24, 2.45) is 0 Å². The van der Waals surface area contributed by atoms with Crippen molar-refractivity contribution in [3.63, 3.8) is 0 Å². The van der Waals surface area contributed by atoms with Crippen molar-refractivity contribution in [3.05, 3.63) is 27.2 Å². The van der Waals surface area contributed by atoms with Gasteiger partial charge in [-0.25, -0.2) is 0 Å². The van der Waals surface area contributed by atoms with Crippen LogP contribution >= 0.6 is 27.5 Å². The molecule has 0 atom stereocenters. The van der Waals surface area contributed by atoms with E-state index in [2.05, 4.69) is 15.9 Å². The zero-order chi connectivity index (χ0) is 10.2. The number of benzene rings is 1. The largest absolute Gasteiger partial charge is 0.505 e. The van der Waals surface area contributed by atoms with Gasteiger partial charge in [0.25, 0.3) is 0 Å². The first-order valence-corrected chi connectivity index (χ1v) is 4.24. The van der Waals surface area contributed by atoms with Crippen molar-refractivity contribution in [3.8, 4) is 5.75 Å². The highest BCUT2D eigenvalue weighted by Gasteiger charge is 2.31. The maximum Gasteiger partial charge on any atom is 0.416 e. The zero-order valence-corrected chi connectivity index (χ0v) is 8.33. The normalized spacial score (nSPS) is 11.8. The summed E-state index contributed by atoms with van der Waals surface area (Å²) in [6.45, 7) is 0. The number of alkyl halides is 3. The summed E-state index contributed by atoms with van der Waals surface area (Å²) < 4.78 is 36.3. The minimum atomic E-state index is -4.46. The molecule has 0 saturated heterocycles. The third-order valence-electron chi connectivity index (χ3n) is 1.34. The van der Waals surface area contributed by atoms with E-state index in [1.807, 2.05) is 0 Å². The van der Waals surface area contributed by atoms with Crippen LogP contribution in [0.4, 0.5) is 13.2 Å². The van der Waals surface area contributed by atoms with E-state index in [1.165, 1.54) is 0 Å². The molecule has 0 fully saturated rings. The molecule has 0 aliphatic carbocycles. The number of hydrogen-bond acceptors (Lipinski definition) is 1. The molecule has 0 aromatic heterocycles. The van der Waals surface area contributed by atoms with Gasteiger partial charge in [0.1, 0.15) is 5.75 Å². The number of rotatable bonds is 0. The van der Waals surface area contributed by atoms with Gasteiger partial charge in [0.2, 0.25) is 0 Å². The van der Waals surface area contributed by atoms with Gasteiger partial charge in [-0.1, -0.05) is 11.6 Å². The molecule has 72 valence electrons. The molecule has 0 radical (unpaired) electrons. The molecule has 1 rings (SSSR count). The standard InChI is InChI=1S/C7H3BrClF3O/c8-4-1-3(7(10,11)12)2-5(9)6(4)13/h1-2,13H. The summed E-state index contributed by atoms with van der Waals surface area (Å²) in [5.74, 6) is -0.394. The third-order valence-corrected chi connectivity index (χ3v) is 2.24. The summed E-state index contributed by atoms with van der Waals surface area (Å²) in [4.78, 5) is 0. The van der Waals surface area contributed by atoms with Crippen molar-refractivity contribution in [2.45, 2.75) is 6.18 Å². The van der Waals surface area contributed by atoms with Gasteiger partial charge in [0.05, 0.1) is 15.1 Å². The van der Waals surface area contributed by atoms with E-state index in [0.717, 1.165) is 6.07 Å². The van der Waals surface area contributed by atoms with Crippen LogP contribution in [0.3, 0.4) is 0 Å². The van der Waals surface area contributed by atoms with Crippen LogP contribution in [0.2, 0.25) is 5.02 Å². The van der Waals surface area contributed by atoms with Crippen LogP contribution in [0, 0.1) is 0 Å². The SMILES string of the molecule is Oc1c(Cl)cc(C(F)(F)F)cc1Br. The summed E-state index contributed by atoms with van der Waals surface area (Å²) in [5.41, 5.74) is -0.901. The fraction of sp³-hybridized carbons (Fsp3) is 0.143. The predicted octanol–water partition coefficient (Wildman–Crippen LogP) is 3.83. The Balaban J connectivity index is 3.29. The highest BCUT2D eigenvalue weighted by atomic mass is 79.9. The molecular formula is C7H3BrClF3O. The minimum Gasteiger partial charge on any atom is -0.505 e. The molecule has 0 bridgehead atoms. The lowest BCUT2D eigenvalue weighted by atomic mass is 10.2. The Morgan fingerprint density at radius 1 is 1.31 bits per heavy atom. The van der Waals surface area contributed by atoms with Crippen molar-refractivity contribution < 1.29 is 18.3 Å². The monoisotopic (exact) mass is 274 g/mol. The minimum absolute atomic E-state index is 0.0766. The summed E-state index contributed by atoms with van der Waals surface area (Å²) in [7, 11) is 0. The Kier molecular flexibility index (Phi) is 2.77. The van der Waals surface area contributed by atoms with Crippen LogP contribution in [0.25, 0.3) is 0 Å². The summed E-state index contributed by atoms with van der Waals surface area (Å²) in [5, 5.41) is 8.72. The molecule has 0 heterocycles. The van der Waals surface area contributed by atoms with E-state index in [9.17, 15) is 13.2 Å². The van der Waals surface area contributed by atoms with Gasteiger partial charge in [-0.2, -0.15) is 13.2 Å². The lowest BCUT2D eigenvalue weighted by Crippen LogP contribution is -2.04. The van der Waals surface area contributed by atoms with E-state index >= 15 is 0 Å². The highest BCUT2D eigenvalue weighted by Crippen LogP contribution is 2.38. The second-order valence-corrected chi connectivity index (χ2v) is 3.55. The molecule has 0 aliphatic heterocycles. The molecule has 1 aromatic carbocycles. The number of aromatic hydroxyl groups is 1. The smallest absolute Gasteiger partial charge is 0.416 e. The predicted molar refractivity (Wildman–Crippen MR) is 45.8 cm³/mol. The van der Waals surface area contributed by atoms with Crippen molar-refractivity contribution >= 4 is 27.5 Å². The lowest BCUT2D eigenvalue weighted by molar-refractivity contribution is -0.137. The topological polar surface area (TPSA) is 20.2 Å². The highest BCUT2D eigenvalue weighted by molar-refractivity contribution is 9.10. The van der Waals surface area contributed by atoms with Gasteiger partial charge in [0, 0.05) is 0 Å². The van der Waals surface area contributed by atoms with Crippen LogP contribution in [0.15, 0.2) is 16.6 Å². The molecule has 0 amide bonds. The van der Waals surface area contributed by atoms with Gasteiger partial charge >= 0.3 is 6.18 Å². The van der Waals surface area contributed by atoms with Crippen LogP contribution in [0.1, 0.15) is 5.56 Å². The average Bonchev–Trinajstić information content (AvgIpc) is 1.97. The molecule has 6 heteroatoms. The zero-order valence-electron chi connectivity index (χ0n) is 5.99. The Morgan fingerprint density at radius 2 is 1.85 bits per heavy atom. The van der Waals surface area contributed by atoms with E-state index in [0.29, 0.717) is 6.07 Å². The maximum atomic E-state index is 12.1. The summed E-state index contributed by atoms with van der Waals surface area (Å²) in [6.07, 6.45) is -4.46. The maximum absolute atomic E-state index is 12.1. The van der Waals surface area contributed by atoms with E-state index < -0.39 is 17.5 Å². The van der Waals surface area contributed by atoms with Crippen LogP contribution in [-0.2, 0) is 6.18 Å². The molecule has 13 heavy (non-hydrogen) atoms. The number of halogens is 5. The molecule has 0 unspecified atom stereocenters. The van der Waals surface area contributed by atoms with Crippen LogP contribution < -0.4 is 0 Å². The Morgan fingerprint density at radius 3 is 2.23 bits per heavy atom. The summed E-state index contributed by atoms with van der Waals surface area (Å²) in [6, 6.07) is 1.43. The molecule has 0 aliphatic rings. The van der Waals surface area contributed by atoms with Gasteiger partial charge in [0.15, 0.2) is 0 Å². The van der Waals surface area contributed by atoms with Crippen LogP contribution in [-0.4, -0.2) is 5.11 Å². The van der Waals surface area contributed by atoms with E-state index in [1.54, 1.807) is 0 Å². The lowest BCUT2D eigenvalue weighted by Gasteiger charge is -2.08. The van der Waals surface area contributed by atoms with Gasteiger partial charge in [-0.05, 0) is 28.1 Å². The van der Waals surface area contributed by atoms with Gasteiger partial charge in [-0.3, -0.25) is 0 Å². The van der Waals surface area contributed by atoms with Gasteiger partial charge < -0.3 is 5.11 Å². The third kappa shape index (κ3) is 2.28. The average molecular weight is 275 g/mol. The number of hydrogen-bond donors (Lipinski definition) is 1. The fourth-order valence-electron chi connectivity index (χ4n) is 0.729. The molecule has 0 saturated carbocycles. The first-order valence-electron chi connectivity index (χ1n) is 3.07. The second kappa shape index (κ2) is 3.38. The quantitative estimate of drug-likeness (QED) is 0.763. The molecule has 1 aromatic rings. The molecule has 1 N–H and O–H groups in total. The Bertz CT molecular complexity index is 314. The number of phenolic OH excluding ortho intramolecular Hbond substituents is 1. The molecular weight excluding hydrogens is 272 g/mol. The second-order valence-electron chi connectivity index (χ2n) is 2.29. The Labute approximate surface area is 85.3 Å². The molecule has 0 spiro atoms. The van der Waals surface area contributed by atoms with E-state index in [4.69, 9.17) is 16.7 Å². The number of phenols is 1. The first-order chi connectivity index (χ1) is 5.82. The van der Waals surface area contributed by atoms with Crippen LogP contribution in [0.5, 0.6) is 5.75 Å². The van der Waals surface area contributed by atoms with E-state index in [-0.39, 0.29) is 9.50 Å². The van der Waals surface area contributed by atoms with Crippen molar-refractivity contribution in [1.82, 2.24) is 0 Å².